The first kappa shape index (κ1) is 20.6. The van der Waals surface area contributed by atoms with Gasteiger partial charge in [0.2, 0.25) is 0 Å². The quantitative estimate of drug-likeness (QED) is 0.720. The van der Waals surface area contributed by atoms with Crippen LogP contribution >= 0.6 is 23.2 Å². The molecule has 0 aliphatic carbocycles. The smallest absolute Gasteiger partial charge is 0.187 e. The Hall–Kier alpha value is -0.750. The number of hydrazine groups is 1. The van der Waals surface area contributed by atoms with Crippen LogP contribution in [-0.2, 0) is 18.8 Å². The second kappa shape index (κ2) is 8.30. The van der Waals surface area contributed by atoms with E-state index in [0.717, 1.165) is 18.4 Å². The van der Waals surface area contributed by atoms with E-state index in [2.05, 4.69) is 12.0 Å². The molecule has 0 radical (unpaired) electrons. The van der Waals surface area contributed by atoms with Crippen LogP contribution in [0.25, 0.3) is 0 Å². The van der Waals surface area contributed by atoms with E-state index in [-0.39, 0.29) is 11.5 Å². The van der Waals surface area contributed by atoms with Crippen molar-refractivity contribution < 1.29 is 9.16 Å². The Labute approximate surface area is 165 Å². The van der Waals surface area contributed by atoms with Crippen LogP contribution in [0.4, 0.5) is 0 Å². The minimum absolute atomic E-state index is 0.183. The number of hydrogen-bond donors (Lipinski definition) is 1. The van der Waals surface area contributed by atoms with Crippen molar-refractivity contribution in [3.63, 3.8) is 0 Å². The normalized spacial score (nSPS) is 18.5. The Morgan fingerprint density at radius 1 is 1.36 bits per heavy atom. The summed E-state index contributed by atoms with van der Waals surface area (Å²) in [5.41, 5.74) is 0.791. The minimum Gasteiger partial charge on any atom is -0.390 e. The van der Waals surface area contributed by atoms with Crippen LogP contribution in [0.15, 0.2) is 23.3 Å². The number of rotatable bonds is 6. The molecule has 0 spiro atoms. The Morgan fingerprint density at radius 3 is 2.56 bits per heavy atom. The summed E-state index contributed by atoms with van der Waals surface area (Å²) in [6.07, 6.45) is 2.77. The lowest BCUT2D eigenvalue weighted by Crippen LogP contribution is -2.49. The second-order valence-electron chi connectivity index (χ2n) is 7.81. The van der Waals surface area contributed by atoms with Gasteiger partial charge in [0.1, 0.15) is 6.04 Å². The van der Waals surface area contributed by atoms with E-state index in [1.54, 1.807) is 21.5 Å². The third-order valence-corrected chi connectivity index (χ3v) is 5.35. The first-order valence-electron chi connectivity index (χ1n) is 8.48. The lowest BCUT2D eigenvalue weighted by molar-refractivity contribution is -0.659. The lowest BCUT2D eigenvalue weighted by Gasteiger charge is -2.34. The van der Waals surface area contributed by atoms with E-state index in [0.29, 0.717) is 22.5 Å². The second-order valence-corrected chi connectivity index (χ2v) is 9.08. The maximum Gasteiger partial charge on any atom is 0.187 e. The van der Waals surface area contributed by atoms with Crippen LogP contribution in [0.1, 0.15) is 39.7 Å². The Kier molecular flexibility index (Phi) is 6.82. The van der Waals surface area contributed by atoms with Gasteiger partial charge in [-0.1, -0.05) is 61.0 Å². The fraction of sp³-hybridized carbons (Fsp3) is 0.611. The summed E-state index contributed by atoms with van der Waals surface area (Å²) in [5.74, 6) is 0.292. The third kappa shape index (κ3) is 5.36. The molecule has 0 aromatic heterocycles. The average Bonchev–Trinajstić information content (AvgIpc) is 2.92. The molecule has 138 valence electrons. The topological polar surface area (TPSA) is 38.8 Å². The highest BCUT2D eigenvalue weighted by atomic mass is 35.5. The molecule has 0 amide bonds. The molecule has 3 atom stereocenters. The van der Waals surface area contributed by atoms with E-state index in [9.17, 15) is 5.11 Å². The molecular formula is C18H26Cl2N3OS+. The van der Waals surface area contributed by atoms with Crippen LogP contribution in [-0.4, -0.2) is 39.2 Å². The van der Waals surface area contributed by atoms with Crippen molar-refractivity contribution in [2.75, 3.05) is 6.54 Å². The van der Waals surface area contributed by atoms with Gasteiger partial charge in [0.05, 0.1) is 6.10 Å². The first-order valence-corrected chi connectivity index (χ1v) is 9.60. The SMILES string of the molecule is CC(Cc1ccc(Cl)cc1Cl)CC(C(O)C(C)(C)C)N1N=CC[N+]1=S. The van der Waals surface area contributed by atoms with Gasteiger partial charge in [-0.25, -0.2) is 0 Å². The van der Waals surface area contributed by atoms with Crippen molar-refractivity contribution >= 4 is 41.8 Å². The van der Waals surface area contributed by atoms with Crippen LogP contribution in [0.2, 0.25) is 10.0 Å². The largest absolute Gasteiger partial charge is 0.390 e. The van der Waals surface area contributed by atoms with Crippen molar-refractivity contribution in [1.82, 2.24) is 5.12 Å². The van der Waals surface area contributed by atoms with Gasteiger partial charge < -0.3 is 5.11 Å². The highest BCUT2D eigenvalue weighted by Crippen LogP contribution is 2.31. The number of hydrazone groups is 1. The fourth-order valence-electron chi connectivity index (χ4n) is 3.07. The molecule has 1 heterocycles. The van der Waals surface area contributed by atoms with Gasteiger partial charge in [-0.15, -0.1) is 0 Å². The molecule has 1 aromatic carbocycles. The van der Waals surface area contributed by atoms with E-state index in [1.807, 2.05) is 32.9 Å². The van der Waals surface area contributed by atoms with Gasteiger partial charge in [-0.05, 0) is 47.0 Å². The number of halogens is 2. The van der Waals surface area contributed by atoms with Crippen LogP contribution in [0.5, 0.6) is 0 Å². The Morgan fingerprint density at radius 2 is 2.04 bits per heavy atom. The molecule has 0 saturated carbocycles. The lowest BCUT2D eigenvalue weighted by atomic mass is 9.81. The van der Waals surface area contributed by atoms with Gasteiger partial charge in [-0.3, -0.25) is 0 Å². The van der Waals surface area contributed by atoms with E-state index >= 15 is 0 Å². The van der Waals surface area contributed by atoms with Crippen molar-refractivity contribution in [1.29, 1.82) is 0 Å². The summed E-state index contributed by atoms with van der Waals surface area (Å²) in [6, 6.07) is 5.40. The molecular weight excluding hydrogens is 377 g/mol. The summed E-state index contributed by atoms with van der Waals surface area (Å²) in [7, 11) is 0. The molecule has 1 aromatic rings. The highest BCUT2D eigenvalue weighted by molar-refractivity contribution is 7.44. The number of benzene rings is 1. The van der Waals surface area contributed by atoms with Gasteiger partial charge in [-0.2, -0.15) is 0 Å². The summed E-state index contributed by atoms with van der Waals surface area (Å²) in [6.45, 7) is 8.82. The maximum absolute atomic E-state index is 10.9. The molecule has 0 bridgehead atoms. The van der Waals surface area contributed by atoms with Crippen LogP contribution < -0.4 is 0 Å². The zero-order valence-electron chi connectivity index (χ0n) is 15.1. The predicted octanol–water partition coefficient (Wildman–Crippen LogP) is 4.30. The number of nitrogens with zero attached hydrogens (tertiary/aromatic N) is 3. The van der Waals surface area contributed by atoms with Crippen LogP contribution in [0, 0.1) is 11.3 Å². The number of aliphatic hydroxyl groups is 1. The summed E-state index contributed by atoms with van der Waals surface area (Å²) >= 11 is 17.6. The van der Waals surface area contributed by atoms with Crippen molar-refractivity contribution in [2.24, 2.45) is 16.4 Å². The van der Waals surface area contributed by atoms with E-state index in [1.165, 1.54) is 0 Å². The molecule has 2 rings (SSSR count). The molecule has 7 heteroatoms. The highest BCUT2D eigenvalue weighted by Gasteiger charge is 2.41. The van der Waals surface area contributed by atoms with Crippen molar-refractivity contribution in [3.05, 3.63) is 33.8 Å². The minimum atomic E-state index is -0.559. The average molecular weight is 403 g/mol. The molecule has 0 fully saturated rings. The van der Waals surface area contributed by atoms with Gasteiger partial charge >= 0.3 is 0 Å². The van der Waals surface area contributed by atoms with Crippen LogP contribution in [0.3, 0.4) is 0 Å². The van der Waals surface area contributed by atoms with Gasteiger partial charge in [0.25, 0.3) is 0 Å². The first-order chi connectivity index (χ1) is 11.6. The summed E-state index contributed by atoms with van der Waals surface area (Å²) in [4.78, 5) is 0. The molecule has 25 heavy (non-hydrogen) atoms. The Balaban J connectivity index is 2.15. The third-order valence-electron chi connectivity index (χ3n) is 4.44. The summed E-state index contributed by atoms with van der Waals surface area (Å²) < 4.78 is 1.63. The Bertz CT molecular complexity index is 660. The zero-order chi connectivity index (χ0) is 18.8. The van der Waals surface area contributed by atoms with E-state index < -0.39 is 6.10 Å². The maximum atomic E-state index is 10.9. The number of hydrogen-bond acceptors (Lipinski definition) is 3. The fourth-order valence-corrected chi connectivity index (χ4v) is 3.78. The van der Waals surface area contributed by atoms with Crippen molar-refractivity contribution in [3.8, 4) is 0 Å². The summed E-state index contributed by atoms with van der Waals surface area (Å²) in [5, 5.41) is 18.3. The molecule has 0 saturated heterocycles. The van der Waals surface area contributed by atoms with Gasteiger partial charge in [0, 0.05) is 15.1 Å². The molecule has 1 aliphatic rings. The standard InChI is InChI=1S/C18H26Cl2N3OS/c1-12(9-13-5-6-14(19)11-15(13)20)10-16(17(24)18(2,3)4)23-21-7-8-22(23)25/h5-7,11-12,16-17,24H,8-10H2,1-4H3/q+1. The monoisotopic (exact) mass is 402 g/mol. The zero-order valence-corrected chi connectivity index (χ0v) is 17.4. The molecule has 3 unspecified atom stereocenters. The van der Waals surface area contributed by atoms with Gasteiger partial charge in [0.15, 0.2) is 25.2 Å². The molecule has 1 N–H and O–H groups in total. The predicted molar refractivity (Wildman–Crippen MR) is 106 cm³/mol. The van der Waals surface area contributed by atoms with Crippen molar-refractivity contribution in [2.45, 2.75) is 52.7 Å². The van der Waals surface area contributed by atoms with E-state index in [4.69, 9.17) is 35.6 Å². The molecule has 4 nitrogen and oxygen atoms in total. The number of aliphatic hydroxyl groups excluding tert-OH is 1. The molecule has 1 aliphatic heterocycles.